The first kappa shape index (κ1) is 11.2. The number of benzene rings is 1. The van der Waals surface area contributed by atoms with Crippen molar-refractivity contribution in [2.24, 2.45) is 0 Å². The summed E-state index contributed by atoms with van der Waals surface area (Å²) in [6, 6.07) is 8.13. The van der Waals surface area contributed by atoms with Crippen molar-refractivity contribution < 1.29 is 4.84 Å². The molecule has 0 saturated carbocycles. The summed E-state index contributed by atoms with van der Waals surface area (Å²) in [7, 11) is 0. The molecule has 16 heavy (non-hydrogen) atoms. The zero-order valence-electron chi connectivity index (χ0n) is 9.48. The van der Waals surface area contributed by atoms with E-state index < -0.39 is 0 Å². The highest BCUT2D eigenvalue weighted by atomic mass is 16.7. The molecule has 0 spiro atoms. The van der Waals surface area contributed by atoms with Gasteiger partial charge in [0.25, 0.3) is 0 Å². The fraction of sp³-hybridized carbons (Fsp3) is 0.385. The molecular weight excluding hydrogens is 200 g/mol. The molecule has 1 aromatic rings. The summed E-state index contributed by atoms with van der Waals surface area (Å²) < 4.78 is 0. The van der Waals surface area contributed by atoms with Crippen LogP contribution in [0.4, 0.5) is 0 Å². The van der Waals surface area contributed by atoms with Crippen molar-refractivity contribution in [2.45, 2.75) is 6.42 Å². The number of allylic oxidation sites excluding steroid dienone is 1. The molecule has 2 rings (SSSR count). The Labute approximate surface area is 96.7 Å². The van der Waals surface area contributed by atoms with Crippen LogP contribution in [0.15, 0.2) is 36.9 Å². The van der Waals surface area contributed by atoms with Gasteiger partial charge in [-0.25, -0.2) is 0 Å². The van der Waals surface area contributed by atoms with E-state index in [2.05, 4.69) is 18.0 Å². The molecule has 0 amide bonds. The number of piperazine rings is 1. The van der Waals surface area contributed by atoms with Crippen LogP contribution in [0.25, 0.3) is 0 Å². The summed E-state index contributed by atoms with van der Waals surface area (Å²) in [5, 5.41) is 5.31. The van der Waals surface area contributed by atoms with E-state index in [1.807, 2.05) is 29.3 Å². The van der Waals surface area contributed by atoms with Crippen LogP contribution in [0.5, 0.6) is 5.75 Å². The van der Waals surface area contributed by atoms with Crippen LogP contribution < -0.4 is 10.2 Å². The largest absolute Gasteiger partial charge is 0.406 e. The van der Waals surface area contributed by atoms with Crippen molar-refractivity contribution in [2.75, 3.05) is 26.2 Å². The number of nitrogens with zero attached hydrogens (tertiary/aromatic N) is 1. The van der Waals surface area contributed by atoms with Gasteiger partial charge in [0.05, 0.1) is 0 Å². The highest BCUT2D eigenvalue weighted by Crippen LogP contribution is 2.19. The van der Waals surface area contributed by atoms with E-state index in [-0.39, 0.29) is 0 Å². The molecule has 1 fully saturated rings. The number of hydrogen-bond acceptors (Lipinski definition) is 3. The zero-order valence-corrected chi connectivity index (χ0v) is 9.48. The summed E-state index contributed by atoms with van der Waals surface area (Å²) in [6.07, 6.45) is 2.75. The maximum Gasteiger partial charge on any atom is 0.150 e. The van der Waals surface area contributed by atoms with Gasteiger partial charge in [-0.15, -0.1) is 11.6 Å². The Morgan fingerprint density at radius 3 is 2.81 bits per heavy atom. The molecule has 1 aliphatic heterocycles. The smallest absolute Gasteiger partial charge is 0.150 e. The van der Waals surface area contributed by atoms with Crippen molar-refractivity contribution in [3.8, 4) is 5.75 Å². The van der Waals surface area contributed by atoms with Gasteiger partial charge >= 0.3 is 0 Å². The molecule has 86 valence electrons. The Balaban J connectivity index is 2.04. The van der Waals surface area contributed by atoms with Gasteiger partial charge in [0.15, 0.2) is 5.75 Å². The Morgan fingerprint density at radius 1 is 1.31 bits per heavy atom. The molecule has 0 atom stereocenters. The summed E-state index contributed by atoms with van der Waals surface area (Å²) in [6.45, 7) is 7.61. The van der Waals surface area contributed by atoms with Gasteiger partial charge in [-0.05, 0) is 12.5 Å². The van der Waals surface area contributed by atoms with E-state index in [1.165, 1.54) is 5.56 Å². The van der Waals surface area contributed by atoms with Gasteiger partial charge in [-0.3, -0.25) is 0 Å². The molecule has 1 aromatic carbocycles. The van der Waals surface area contributed by atoms with E-state index in [1.54, 1.807) is 0 Å². The van der Waals surface area contributed by atoms with Crippen molar-refractivity contribution in [3.63, 3.8) is 0 Å². The van der Waals surface area contributed by atoms with Crippen molar-refractivity contribution in [3.05, 3.63) is 42.5 Å². The minimum Gasteiger partial charge on any atom is -0.406 e. The number of nitrogens with one attached hydrogen (secondary N) is 1. The second-order valence-electron chi connectivity index (χ2n) is 3.87. The fourth-order valence-corrected chi connectivity index (χ4v) is 1.79. The average molecular weight is 218 g/mol. The lowest BCUT2D eigenvalue weighted by Gasteiger charge is -2.27. The molecule has 1 aliphatic rings. The van der Waals surface area contributed by atoms with Crippen LogP contribution in [-0.4, -0.2) is 31.2 Å². The second-order valence-corrected chi connectivity index (χ2v) is 3.87. The van der Waals surface area contributed by atoms with Gasteiger partial charge in [-0.1, -0.05) is 24.3 Å². The molecule has 0 radical (unpaired) electrons. The topological polar surface area (TPSA) is 24.5 Å². The standard InChI is InChI=1S/C13H18N2O/c1-2-5-12-6-3-4-7-13(12)16-15-10-8-14-9-11-15/h2-4,6-7,14H,1,5,8-11H2. The highest BCUT2D eigenvalue weighted by molar-refractivity contribution is 5.34. The van der Waals surface area contributed by atoms with E-state index in [4.69, 9.17) is 4.84 Å². The van der Waals surface area contributed by atoms with Crippen molar-refractivity contribution in [1.29, 1.82) is 0 Å². The molecule has 1 N–H and O–H groups in total. The normalized spacial score (nSPS) is 17.0. The van der Waals surface area contributed by atoms with Crippen LogP contribution in [0, 0.1) is 0 Å². The molecule has 1 saturated heterocycles. The number of para-hydroxylation sites is 1. The number of rotatable bonds is 4. The third-order valence-electron chi connectivity index (χ3n) is 2.64. The third-order valence-corrected chi connectivity index (χ3v) is 2.64. The third kappa shape index (κ3) is 2.84. The van der Waals surface area contributed by atoms with E-state index in [0.717, 1.165) is 38.3 Å². The Kier molecular flexibility index (Phi) is 3.97. The van der Waals surface area contributed by atoms with E-state index >= 15 is 0 Å². The Hall–Kier alpha value is -1.32. The van der Waals surface area contributed by atoms with Gasteiger partial charge in [0, 0.05) is 31.7 Å². The molecule has 1 heterocycles. The molecule has 0 unspecified atom stereocenters. The summed E-state index contributed by atoms with van der Waals surface area (Å²) in [5.74, 6) is 0.948. The molecule has 3 nitrogen and oxygen atoms in total. The lowest BCUT2D eigenvalue weighted by atomic mass is 10.1. The first-order valence-electron chi connectivity index (χ1n) is 5.72. The van der Waals surface area contributed by atoms with Crippen molar-refractivity contribution >= 4 is 0 Å². The molecule has 0 aromatic heterocycles. The summed E-state index contributed by atoms with van der Waals surface area (Å²) >= 11 is 0. The quantitative estimate of drug-likeness (QED) is 0.777. The first-order valence-corrected chi connectivity index (χ1v) is 5.72. The van der Waals surface area contributed by atoms with Crippen LogP contribution in [-0.2, 0) is 6.42 Å². The van der Waals surface area contributed by atoms with Crippen LogP contribution in [0.3, 0.4) is 0 Å². The van der Waals surface area contributed by atoms with E-state index in [9.17, 15) is 0 Å². The predicted molar refractivity (Wildman–Crippen MR) is 65.4 cm³/mol. The van der Waals surface area contributed by atoms with Crippen LogP contribution in [0.1, 0.15) is 5.56 Å². The lowest BCUT2D eigenvalue weighted by Crippen LogP contribution is -2.45. The SMILES string of the molecule is C=CCc1ccccc1ON1CCNCC1. The highest BCUT2D eigenvalue weighted by Gasteiger charge is 2.12. The van der Waals surface area contributed by atoms with Crippen LogP contribution >= 0.6 is 0 Å². The summed E-state index contributed by atoms with van der Waals surface area (Å²) in [5.41, 5.74) is 1.19. The molecule has 3 heteroatoms. The van der Waals surface area contributed by atoms with Gasteiger partial charge in [-0.2, -0.15) is 0 Å². The number of hydroxylamine groups is 2. The van der Waals surface area contributed by atoms with Crippen molar-refractivity contribution in [1.82, 2.24) is 10.4 Å². The van der Waals surface area contributed by atoms with Gasteiger partial charge in [0.1, 0.15) is 0 Å². The van der Waals surface area contributed by atoms with E-state index in [0.29, 0.717) is 0 Å². The van der Waals surface area contributed by atoms with Crippen LogP contribution in [0.2, 0.25) is 0 Å². The second kappa shape index (κ2) is 5.68. The maximum atomic E-state index is 5.88. The maximum absolute atomic E-state index is 5.88. The lowest BCUT2D eigenvalue weighted by molar-refractivity contribution is -0.0671. The van der Waals surface area contributed by atoms with Gasteiger partial charge in [0.2, 0.25) is 0 Å². The Bertz CT molecular complexity index is 346. The fourth-order valence-electron chi connectivity index (χ4n) is 1.79. The monoisotopic (exact) mass is 218 g/mol. The predicted octanol–water partition coefficient (Wildman–Crippen LogP) is 1.61. The average Bonchev–Trinajstić information content (AvgIpc) is 2.33. The Morgan fingerprint density at radius 2 is 2.06 bits per heavy atom. The van der Waals surface area contributed by atoms with Gasteiger partial charge < -0.3 is 10.2 Å². The number of hydrogen-bond donors (Lipinski definition) is 1. The minimum absolute atomic E-state index is 0.849. The first-order chi connectivity index (χ1) is 7.90. The molecular formula is C13H18N2O. The minimum atomic E-state index is 0.849. The summed E-state index contributed by atoms with van der Waals surface area (Å²) in [4.78, 5) is 5.88. The zero-order chi connectivity index (χ0) is 11.2. The molecule has 0 bridgehead atoms. The molecule has 0 aliphatic carbocycles.